The number of nitrogens with zero attached hydrogens (tertiary/aromatic N) is 1. The van der Waals surface area contributed by atoms with Crippen molar-refractivity contribution in [1.82, 2.24) is 5.32 Å². The molecule has 0 aliphatic carbocycles. The van der Waals surface area contributed by atoms with Gasteiger partial charge in [0.2, 0.25) is 5.91 Å². The van der Waals surface area contributed by atoms with Crippen molar-refractivity contribution in [2.45, 2.75) is 322 Å². The van der Waals surface area contributed by atoms with Gasteiger partial charge in [0.15, 0.2) is 0 Å². The Bertz CT molecular complexity index is 1600. The van der Waals surface area contributed by atoms with Gasteiger partial charge in [0, 0.05) is 12.8 Å². The quantitative estimate of drug-likeness (QED) is 0.0205. The summed E-state index contributed by atoms with van der Waals surface area (Å²) in [6.45, 7) is 6.98. The minimum absolute atomic E-state index is 0.0367. The topological polar surface area (TPSA) is 111 Å². The van der Waals surface area contributed by atoms with Crippen LogP contribution in [0.25, 0.3) is 0 Å². The van der Waals surface area contributed by atoms with Crippen molar-refractivity contribution < 1.29 is 37.3 Å². The number of nitrogens with one attached hydrogen (secondary N) is 1. The van der Waals surface area contributed by atoms with Gasteiger partial charge in [0.25, 0.3) is 0 Å². The van der Waals surface area contributed by atoms with E-state index in [0.717, 1.165) is 89.9 Å². The van der Waals surface area contributed by atoms with Crippen molar-refractivity contribution >= 4 is 19.7 Å². The van der Waals surface area contributed by atoms with E-state index in [9.17, 15) is 19.0 Å². The second kappa shape index (κ2) is 59.6. The lowest BCUT2D eigenvalue weighted by molar-refractivity contribution is -0.870. The van der Waals surface area contributed by atoms with E-state index in [1.54, 1.807) is 0 Å². The van der Waals surface area contributed by atoms with Crippen LogP contribution in [-0.4, -0.2) is 74.3 Å². The molecule has 0 aromatic heterocycles. The SMILES string of the molecule is CCCCC/C=C\C/C=C\C/C=C\CCCCCCCCCCC(=O)NC(COP(=O)(O)OCC[N+](C)(C)C)C(/C=C/CCCCCCCCCCCC)OC(=O)CCCCCCCCCCCCC/C=C\C/C=C\CCCCC. The molecule has 0 aliphatic heterocycles. The molecule has 1 amide bonds. The lowest BCUT2D eigenvalue weighted by atomic mass is 10.0. The van der Waals surface area contributed by atoms with E-state index in [-0.39, 0.29) is 31.5 Å². The third-order valence-electron chi connectivity index (χ3n) is 14.9. The number of unbranched alkanes of at least 4 members (excludes halogenated alkanes) is 35. The second-order valence-electron chi connectivity index (χ2n) is 24.0. The number of hydrogen-bond acceptors (Lipinski definition) is 6. The minimum Gasteiger partial charge on any atom is -0.456 e. The van der Waals surface area contributed by atoms with Crippen molar-refractivity contribution in [2.75, 3.05) is 40.9 Å². The van der Waals surface area contributed by atoms with Crippen LogP contribution in [0.5, 0.6) is 0 Å². The van der Waals surface area contributed by atoms with Gasteiger partial charge in [-0.05, 0) is 102 Å². The molecule has 80 heavy (non-hydrogen) atoms. The Kier molecular flexibility index (Phi) is 57.7. The summed E-state index contributed by atoms with van der Waals surface area (Å²) in [5.41, 5.74) is 0. The highest BCUT2D eigenvalue weighted by Crippen LogP contribution is 2.43. The molecule has 0 bridgehead atoms. The molecular formula is C70H130N2O7P+. The zero-order valence-electron chi connectivity index (χ0n) is 53.3. The fourth-order valence-electron chi connectivity index (χ4n) is 9.63. The summed E-state index contributed by atoms with van der Waals surface area (Å²) in [5.74, 6) is -0.509. The highest BCUT2D eigenvalue weighted by atomic mass is 31.2. The van der Waals surface area contributed by atoms with E-state index in [4.69, 9.17) is 13.8 Å². The lowest BCUT2D eigenvalue weighted by Crippen LogP contribution is -2.47. The summed E-state index contributed by atoms with van der Waals surface area (Å²) in [4.78, 5) is 37.8. The number of quaternary nitrogens is 1. The average molecular weight is 1140 g/mol. The van der Waals surface area contributed by atoms with Gasteiger partial charge >= 0.3 is 13.8 Å². The number of hydrogen-bond donors (Lipinski definition) is 2. The van der Waals surface area contributed by atoms with Crippen LogP contribution in [0, 0.1) is 0 Å². The van der Waals surface area contributed by atoms with Crippen molar-refractivity contribution in [3.05, 3.63) is 72.9 Å². The fourth-order valence-corrected chi connectivity index (χ4v) is 10.4. The molecule has 10 heteroatoms. The van der Waals surface area contributed by atoms with Crippen LogP contribution < -0.4 is 5.32 Å². The molecule has 0 saturated heterocycles. The predicted molar refractivity (Wildman–Crippen MR) is 346 cm³/mol. The van der Waals surface area contributed by atoms with Gasteiger partial charge in [-0.1, -0.05) is 267 Å². The average Bonchev–Trinajstić information content (AvgIpc) is 3.42. The van der Waals surface area contributed by atoms with E-state index in [1.165, 1.54) is 186 Å². The number of carbonyl (C=O) groups excluding carboxylic acids is 2. The van der Waals surface area contributed by atoms with Gasteiger partial charge in [-0.15, -0.1) is 0 Å². The van der Waals surface area contributed by atoms with Crippen LogP contribution in [0.2, 0.25) is 0 Å². The molecule has 0 aliphatic rings. The molecule has 3 atom stereocenters. The molecule has 466 valence electrons. The van der Waals surface area contributed by atoms with Crippen LogP contribution in [0.1, 0.15) is 310 Å². The third kappa shape index (κ3) is 60.1. The maximum atomic E-state index is 13.6. The smallest absolute Gasteiger partial charge is 0.456 e. The van der Waals surface area contributed by atoms with E-state index < -0.39 is 20.0 Å². The van der Waals surface area contributed by atoms with Crippen LogP contribution in [0.4, 0.5) is 0 Å². The number of esters is 1. The van der Waals surface area contributed by atoms with Gasteiger partial charge in [-0.25, -0.2) is 4.57 Å². The van der Waals surface area contributed by atoms with Crippen LogP contribution in [0.15, 0.2) is 72.9 Å². The van der Waals surface area contributed by atoms with E-state index in [0.29, 0.717) is 17.4 Å². The molecule has 0 radical (unpaired) electrons. The van der Waals surface area contributed by atoms with Crippen molar-refractivity contribution in [3.8, 4) is 0 Å². The molecule has 0 fully saturated rings. The van der Waals surface area contributed by atoms with Gasteiger partial charge in [-0.3, -0.25) is 18.6 Å². The molecule has 3 unspecified atom stereocenters. The molecule has 0 aromatic rings. The van der Waals surface area contributed by atoms with Gasteiger partial charge in [0.05, 0.1) is 33.8 Å². The van der Waals surface area contributed by atoms with E-state index >= 15 is 0 Å². The maximum absolute atomic E-state index is 13.6. The summed E-state index contributed by atoms with van der Waals surface area (Å²) < 4.78 is 30.8. The first kappa shape index (κ1) is 77.5. The number of carbonyl (C=O) groups is 2. The second-order valence-corrected chi connectivity index (χ2v) is 25.4. The van der Waals surface area contributed by atoms with E-state index in [2.05, 4.69) is 86.8 Å². The van der Waals surface area contributed by atoms with Gasteiger partial charge < -0.3 is 19.4 Å². The minimum atomic E-state index is -4.46. The maximum Gasteiger partial charge on any atom is 0.472 e. The largest absolute Gasteiger partial charge is 0.472 e. The van der Waals surface area contributed by atoms with Crippen molar-refractivity contribution in [1.29, 1.82) is 0 Å². The normalized spacial score (nSPS) is 14.0. The standard InChI is InChI=1S/C70H129N2O7P/c1-7-10-13-16-19-22-25-28-30-32-34-36-38-40-42-44-47-50-53-56-59-62-69(73)71-67(66-78-80(75,76)77-65-64-72(4,5)6)68(61-58-55-52-49-46-27-24-21-18-15-12-9-3)79-70(74)63-60-57-54-51-48-45-43-41-39-37-35-33-31-29-26-23-20-17-14-11-8-2/h19-20,22-23,28-31,34,36,58,61,67-68H,7-18,21,24-27,32-33,35,37-57,59-60,62-66H2,1-6H3,(H-,71,73,75,76)/p+1/b22-19-,23-20-,30-28-,31-29-,36-34-,61-58+. The number of phosphoric acid groups is 1. The predicted octanol–water partition coefficient (Wildman–Crippen LogP) is 21.2. The summed E-state index contributed by atoms with van der Waals surface area (Å²) >= 11 is 0. The Morgan fingerprint density at radius 1 is 0.438 bits per heavy atom. The van der Waals surface area contributed by atoms with Crippen molar-refractivity contribution in [2.24, 2.45) is 0 Å². The molecule has 0 rings (SSSR count). The third-order valence-corrected chi connectivity index (χ3v) is 15.9. The summed E-state index contributed by atoms with van der Waals surface area (Å²) in [5, 5.41) is 3.06. The van der Waals surface area contributed by atoms with Crippen molar-refractivity contribution in [3.63, 3.8) is 0 Å². The zero-order chi connectivity index (χ0) is 58.6. The molecule has 0 aromatic carbocycles. The Hall–Kier alpha value is -2.55. The Morgan fingerprint density at radius 3 is 1.16 bits per heavy atom. The first-order valence-electron chi connectivity index (χ1n) is 33.8. The summed E-state index contributed by atoms with van der Waals surface area (Å²) in [6.07, 6.45) is 77.5. The first-order chi connectivity index (χ1) is 38.9. The highest BCUT2D eigenvalue weighted by molar-refractivity contribution is 7.47. The molecule has 9 nitrogen and oxygen atoms in total. The van der Waals surface area contributed by atoms with Crippen LogP contribution in [-0.2, 0) is 27.9 Å². The number of amides is 1. The monoisotopic (exact) mass is 1140 g/mol. The fraction of sp³-hybridized carbons (Fsp3) is 0.800. The molecule has 0 saturated carbocycles. The number of ether oxygens (including phenoxy) is 1. The Balaban J connectivity index is 5.17. The Morgan fingerprint density at radius 2 is 0.762 bits per heavy atom. The zero-order valence-corrected chi connectivity index (χ0v) is 54.2. The van der Waals surface area contributed by atoms with Gasteiger partial charge in [0.1, 0.15) is 19.3 Å². The summed E-state index contributed by atoms with van der Waals surface area (Å²) in [6, 6.07) is -0.856. The van der Waals surface area contributed by atoms with Gasteiger partial charge in [-0.2, -0.15) is 0 Å². The molecule has 0 spiro atoms. The van der Waals surface area contributed by atoms with Crippen LogP contribution >= 0.6 is 7.82 Å². The number of rotatable bonds is 61. The summed E-state index contributed by atoms with van der Waals surface area (Å²) in [7, 11) is 1.49. The molecular weight excluding hydrogens is 1010 g/mol. The molecule has 2 N–H and O–H groups in total. The highest BCUT2D eigenvalue weighted by Gasteiger charge is 2.30. The first-order valence-corrected chi connectivity index (χ1v) is 35.3. The van der Waals surface area contributed by atoms with E-state index in [1.807, 2.05) is 33.3 Å². The lowest BCUT2D eigenvalue weighted by Gasteiger charge is -2.27. The number of allylic oxidation sites excluding steroid dienone is 11. The Labute approximate surface area is 495 Å². The van der Waals surface area contributed by atoms with Crippen LogP contribution in [0.3, 0.4) is 0 Å². The number of likely N-dealkylation sites (N-methyl/N-ethyl adjacent to an activating group) is 1. The number of phosphoric ester groups is 1. The molecule has 0 heterocycles.